The van der Waals surface area contributed by atoms with E-state index < -0.39 is 0 Å². The zero-order valence-corrected chi connectivity index (χ0v) is 14.7. The molecule has 134 valence electrons. The van der Waals surface area contributed by atoms with Gasteiger partial charge in [0.05, 0.1) is 0 Å². The Bertz CT molecular complexity index is 1060. The maximum Gasteiger partial charge on any atom is 0.248 e. The van der Waals surface area contributed by atoms with Gasteiger partial charge in [-0.25, -0.2) is 9.97 Å². The molecule has 8 heteroatoms. The van der Waals surface area contributed by atoms with Crippen molar-refractivity contribution in [2.24, 2.45) is 0 Å². The Hall–Kier alpha value is -3.94. The van der Waals surface area contributed by atoms with Crippen molar-refractivity contribution in [3.8, 4) is 5.82 Å². The molecule has 8 nitrogen and oxygen atoms in total. The van der Waals surface area contributed by atoms with Crippen molar-refractivity contribution in [2.45, 2.75) is 6.92 Å². The van der Waals surface area contributed by atoms with Gasteiger partial charge in [-0.2, -0.15) is 9.67 Å². The molecular formula is C19H18N8. The topological polar surface area (TPSA) is 107 Å². The number of aromatic nitrogens is 5. The maximum absolute atomic E-state index is 6.03. The van der Waals surface area contributed by atoms with Gasteiger partial charge < -0.3 is 16.4 Å². The number of hydrogen-bond acceptors (Lipinski definition) is 7. The Balaban J connectivity index is 1.58. The Morgan fingerprint density at radius 1 is 0.889 bits per heavy atom. The van der Waals surface area contributed by atoms with E-state index in [0.29, 0.717) is 17.6 Å². The van der Waals surface area contributed by atoms with Crippen molar-refractivity contribution in [1.29, 1.82) is 0 Å². The summed E-state index contributed by atoms with van der Waals surface area (Å²) in [5.74, 6) is 1.78. The predicted molar refractivity (Wildman–Crippen MR) is 106 cm³/mol. The van der Waals surface area contributed by atoms with Crippen molar-refractivity contribution < 1.29 is 0 Å². The molecule has 2 aromatic carbocycles. The summed E-state index contributed by atoms with van der Waals surface area (Å²) >= 11 is 0. The van der Waals surface area contributed by atoms with E-state index in [1.807, 2.05) is 61.5 Å². The summed E-state index contributed by atoms with van der Waals surface area (Å²) in [4.78, 5) is 12.7. The van der Waals surface area contributed by atoms with Gasteiger partial charge >= 0.3 is 0 Å². The summed E-state index contributed by atoms with van der Waals surface area (Å²) in [5.41, 5.74) is 8.98. The molecule has 27 heavy (non-hydrogen) atoms. The number of nitrogen functional groups attached to an aromatic ring is 1. The zero-order valence-electron chi connectivity index (χ0n) is 14.7. The fourth-order valence-corrected chi connectivity index (χ4v) is 2.60. The van der Waals surface area contributed by atoms with E-state index >= 15 is 0 Å². The van der Waals surface area contributed by atoms with E-state index in [2.05, 4.69) is 30.7 Å². The summed E-state index contributed by atoms with van der Waals surface area (Å²) in [6.07, 6.45) is 1.45. The highest BCUT2D eigenvalue weighted by atomic mass is 15.4. The van der Waals surface area contributed by atoms with E-state index in [1.54, 1.807) is 6.07 Å². The Morgan fingerprint density at radius 2 is 1.70 bits per heavy atom. The van der Waals surface area contributed by atoms with Crippen molar-refractivity contribution in [2.75, 3.05) is 16.4 Å². The molecule has 0 bridgehead atoms. The van der Waals surface area contributed by atoms with Gasteiger partial charge in [0, 0.05) is 17.4 Å². The van der Waals surface area contributed by atoms with Crippen LogP contribution in [0.15, 0.2) is 67.0 Å². The number of nitrogens with zero attached hydrogens (tertiary/aromatic N) is 5. The van der Waals surface area contributed by atoms with Crippen LogP contribution in [0.2, 0.25) is 0 Å². The van der Waals surface area contributed by atoms with Gasteiger partial charge in [-0.1, -0.05) is 30.3 Å². The molecule has 0 amide bonds. The lowest BCUT2D eigenvalue weighted by Gasteiger charge is -2.07. The average Bonchev–Trinajstić information content (AvgIpc) is 3.03. The highest BCUT2D eigenvalue weighted by Gasteiger charge is 2.11. The fraction of sp³-hybridized carbons (Fsp3) is 0.0526. The van der Waals surface area contributed by atoms with Crippen LogP contribution in [0.4, 0.5) is 29.1 Å². The number of para-hydroxylation sites is 1. The average molecular weight is 358 g/mol. The highest BCUT2D eigenvalue weighted by Crippen LogP contribution is 2.19. The lowest BCUT2D eigenvalue weighted by molar-refractivity contribution is 0.852. The molecule has 2 aromatic heterocycles. The number of nitrogens with one attached hydrogen (secondary N) is 2. The standard InChI is InChI=1S/C19H18N8/c1-13-6-5-9-15(10-13)24-19-25-18(20)27(26-19)17-11-16(21-12-22-17)23-14-7-3-2-4-8-14/h2-12H,1H3,(H,21,22,23)(H3,20,24,25,26). The molecule has 4 aromatic rings. The minimum Gasteiger partial charge on any atom is -0.368 e. The fourth-order valence-electron chi connectivity index (χ4n) is 2.60. The lowest BCUT2D eigenvalue weighted by atomic mass is 10.2. The van der Waals surface area contributed by atoms with E-state index in [1.165, 1.54) is 11.0 Å². The molecule has 0 radical (unpaired) electrons. The molecule has 0 aliphatic carbocycles. The predicted octanol–water partition coefficient (Wildman–Crippen LogP) is 3.44. The van der Waals surface area contributed by atoms with Crippen molar-refractivity contribution in [3.05, 3.63) is 72.6 Å². The van der Waals surface area contributed by atoms with Crippen LogP contribution in [0.5, 0.6) is 0 Å². The van der Waals surface area contributed by atoms with Crippen molar-refractivity contribution >= 4 is 29.1 Å². The Labute approximate surface area is 156 Å². The summed E-state index contributed by atoms with van der Waals surface area (Å²) in [7, 11) is 0. The minimum atomic E-state index is 0.231. The highest BCUT2D eigenvalue weighted by molar-refractivity contribution is 5.58. The van der Waals surface area contributed by atoms with Gasteiger partial charge in [0.15, 0.2) is 5.82 Å². The van der Waals surface area contributed by atoms with Gasteiger partial charge in [-0.05, 0) is 36.8 Å². The molecule has 0 fully saturated rings. The lowest BCUT2D eigenvalue weighted by Crippen LogP contribution is -2.06. The normalized spacial score (nSPS) is 10.6. The number of anilines is 5. The number of benzene rings is 2. The molecule has 0 aliphatic heterocycles. The maximum atomic E-state index is 6.03. The van der Waals surface area contributed by atoms with Gasteiger partial charge in [-0.3, -0.25) is 0 Å². The van der Waals surface area contributed by atoms with Crippen LogP contribution in [-0.4, -0.2) is 24.7 Å². The van der Waals surface area contributed by atoms with Crippen LogP contribution >= 0.6 is 0 Å². The molecule has 0 saturated carbocycles. The van der Waals surface area contributed by atoms with Crippen LogP contribution in [0.25, 0.3) is 5.82 Å². The Morgan fingerprint density at radius 3 is 2.52 bits per heavy atom. The first-order chi connectivity index (χ1) is 13.2. The molecular weight excluding hydrogens is 340 g/mol. The first-order valence-corrected chi connectivity index (χ1v) is 8.38. The van der Waals surface area contributed by atoms with Gasteiger partial charge in [0.1, 0.15) is 12.1 Å². The van der Waals surface area contributed by atoms with Gasteiger partial charge in [-0.15, -0.1) is 5.10 Å². The number of hydrogen-bond donors (Lipinski definition) is 3. The smallest absolute Gasteiger partial charge is 0.248 e. The molecule has 0 atom stereocenters. The third-order valence-corrected chi connectivity index (χ3v) is 3.82. The monoisotopic (exact) mass is 358 g/mol. The van der Waals surface area contributed by atoms with Crippen LogP contribution < -0.4 is 16.4 Å². The summed E-state index contributed by atoms with van der Waals surface area (Å²) < 4.78 is 1.47. The SMILES string of the molecule is Cc1cccc(Nc2nc(N)n(-c3cc(Nc4ccccc4)ncn3)n2)c1. The van der Waals surface area contributed by atoms with E-state index in [0.717, 1.165) is 16.9 Å². The van der Waals surface area contributed by atoms with E-state index in [-0.39, 0.29) is 5.95 Å². The summed E-state index contributed by atoms with van der Waals surface area (Å²) in [6.45, 7) is 2.02. The van der Waals surface area contributed by atoms with Crippen LogP contribution in [-0.2, 0) is 0 Å². The molecule has 0 spiro atoms. The van der Waals surface area contributed by atoms with Crippen LogP contribution in [0.1, 0.15) is 5.56 Å². The van der Waals surface area contributed by atoms with Crippen molar-refractivity contribution in [1.82, 2.24) is 24.7 Å². The molecule has 0 saturated heterocycles. The zero-order chi connectivity index (χ0) is 18.6. The van der Waals surface area contributed by atoms with Crippen LogP contribution in [0.3, 0.4) is 0 Å². The first kappa shape index (κ1) is 16.5. The first-order valence-electron chi connectivity index (χ1n) is 8.38. The summed E-state index contributed by atoms with van der Waals surface area (Å²) in [6, 6.07) is 19.4. The van der Waals surface area contributed by atoms with Gasteiger partial charge in [0.2, 0.25) is 11.9 Å². The van der Waals surface area contributed by atoms with Crippen LogP contribution in [0, 0.1) is 6.92 Å². The molecule has 4 rings (SSSR count). The molecule has 0 aliphatic rings. The number of nitrogens with two attached hydrogens (primary N) is 1. The number of rotatable bonds is 5. The second-order valence-electron chi connectivity index (χ2n) is 5.95. The third kappa shape index (κ3) is 3.84. The second-order valence-corrected chi connectivity index (χ2v) is 5.95. The molecule has 0 unspecified atom stereocenters. The van der Waals surface area contributed by atoms with Gasteiger partial charge in [0.25, 0.3) is 0 Å². The van der Waals surface area contributed by atoms with E-state index in [4.69, 9.17) is 5.73 Å². The summed E-state index contributed by atoms with van der Waals surface area (Å²) in [5, 5.41) is 10.8. The second kappa shape index (κ2) is 7.12. The molecule has 4 N–H and O–H groups in total. The molecule has 2 heterocycles. The minimum absolute atomic E-state index is 0.231. The van der Waals surface area contributed by atoms with Crippen molar-refractivity contribution in [3.63, 3.8) is 0 Å². The third-order valence-electron chi connectivity index (χ3n) is 3.82. The Kier molecular flexibility index (Phi) is 4.36. The quantitative estimate of drug-likeness (QED) is 0.502. The van der Waals surface area contributed by atoms with E-state index in [9.17, 15) is 0 Å². The largest absolute Gasteiger partial charge is 0.368 e. The number of aryl methyl sites for hydroxylation is 1.